The Labute approximate surface area is 156 Å². The lowest BCUT2D eigenvalue weighted by Gasteiger charge is -2.34. The van der Waals surface area contributed by atoms with Crippen LogP contribution in [0.4, 0.5) is 0 Å². The first-order chi connectivity index (χ1) is 12.4. The van der Waals surface area contributed by atoms with Crippen molar-refractivity contribution in [2.75, 3.05) is 27.9 Å². The van der Waals surface area contributed by atoms with Gasteiger partial charge in [-0.3, -0.25) is 0 Å². The quantitative estimate of drug-likeness (QED) is 0.272. The fourth-order valence-electron chi connectivity index (χ4n) is 2.83. The van der Waals surface area contributed by atoms with Crippen LogP contribution in [0.5, 0.6) is 5.75 Å². The fourth-order valence-corrected chi connectivity index (χ4v) is 6.89. The van der Waals surface area contributed by atoms with Crippen molar-refractivity contribution < 1.29 is 31.7 Å². The second-order valence-electron chi connectivity index (χ2n) is 5.99. The van der Waals surface area contributed by atoms with E-state index in [2.05, 4.69) is 6.58 Å². The van der Waals surface area contributed by atoms with Crippen molar-refractivity contribution in [2.24, 2.45) is 0 Å². The van der Waals surface area contributed by atoms with Crippen LogP contribution in [0.2, 0.25) is 12.6 Å². The number of fused-ring (bicyclic) bond motifs is 1. The lowest BCUT2D eigenvalue weighted by atomic mass is 10.2. The summed E-state index contributed by atoms with van der Waals surface area (Å²) in [6, 6.07) is 6.51. The van der Waals surface area contributed by atoms with E-state index in [1.807, 2.05) is 24.7 Å². The molecule has 0 saturated carbocycles. The first kappa shape index (κ1) is 20.8. The Morgan fingerprint density at radius 3 is 2.62 bits per heavy atom. The molecule has 2 rings (SSSR count). The summed E-state index contributed by atoms with van der Waals surface area (Å²) >= 11 is 0. The van der Waals surface area contributed by atoms with Gasteiger partial charge < -0.3 is 26.9 Å². The molecule has 9 heteroatoms. The van der Waals surface area contributed by atoms with Crippen LogP contribution in [0.15, 0.2) is 30.9 Å². The molecule has 0 radical (unpaired) electrons. The maximum Gasteiger partial charge on any atom is 0.536 e. The number of carbonyl (C=O) groups excluding carboxylic acids is 1. The van der Waals surface area contributed by atoms with Gasteiger partial charge >= 0.3 is 23.3 Å². The normalized spacial score (nSPS) is 19.4. The molecular weight excluding hydrogens is 372 g/mol. The van der Waals surface area contributed by atoms with Gasteiger partial charge in [0.05, 0.1) is 13.2 Å². The average Bonchev–Trinajstić information content (AvgIpc) is 2.67. The van der Waals surface area contributed by atoms with Gasteiger partial charge in [-0.1, -0.05) is 12.6 Å². The molecule has 144 valence electrons. The highest BCUT2D eigenvalue weighted by Gasteiger charge is 2.43. The number of esters is 1. The molecule has 0 N–H and O–H groups in total. The molecule has 1 aliphatic heterocycles. The summed E-state index contributed by atoms with van der Waals surface area (Å²) in [5.41, 5.74) is 0.939. The van der Waals surface area contributed by atoms with Crippen molar-refractivity contribution in [1.82, 2.24) is 0 Å². The first-order valence-electron chi connectivity index (χ1n) is 8.33. The van der Waals surface area contributed by atoms with Crippen LogP contribution in [0.3, 0.4) is 0 Å². The van der Waals surface area contributed by atoms with Crippen LogP contribution in [-0.2, 0) is 33.8 Å². The molecule has 1 aliphatic rings. The molecule has 26 heavy (non-hydrogen) atoms. The van der Waals surface area contributed by atoms with Gasteiger partial charge in [0.1, 0.15) is 5.75 Å². The highest BCUT2D eigenvalue weighted by molar-refractivity contribution is 6.75. The zero-order chi connectivity index (χ0) is 19.2. The topological polar surface area (TPSA) is 72.5 Å². The van der Waals surface area contributed by atoms with E-state index in [0.717, 1.165) is 28.6 Å². The summed E-state index contributed by atoms with van der Waals surface area (Å²) in [5, 5.41) is 0.859. The van der Waals surface area contributed by atoms with E-state index in [-0.39, 0.29) is 0 Å². The first-order valence-corrected chi connectivity index (χ1v) is 12.6. The van der Waals surface area contributed by atoms with E-state index in [1.165, 1.54) is 0 Å². The molecule has 1 unspecified atom stereocenters. The summed E-state index contributed by atoms with van der Waals surface area (Å²) in [4.78, 5) is 11.1. The summed E-state index contributed by atoms with van der Waals surface area (Å²) in [6.45, 7) is 6.17. The van der Waals surface area contributed by atoms with E-state index < -0.39 is 23.3 Å². The Morgan fingerprint density at radius 1 is 1.31 bits per heavy atom. The van der Waals surface area contributed by atoms with E-state index in [0.29, 0.717) is 19.6 Å². The summed E-state index contributed by atoms with van der Waals surface area (Å²) in [7, 11) is -0.508. The molecule has 0 aliphatic carbocycles. The Hall–Kier alpha value is -1.50. The predicted molar refractivity (Wildman–Crippen MR) is 100 cm³/mol. The van der Waals surface area contributed by atoms with Gasteiger partial charge in [-0.15, -0.1) is 0 Å². The third-order valence-electron chi connectivity index (χ3n) is 4.27. The maximum absolute atomic E-state index is 11.1. The smallest absolute Gasteiger partial charge is 0.520 e. The minimum atomic E-state index is -2.89. The van der Waals surface area contributed by atoms with Crippen molar-refractivity contribution in [1.29, 1.82) is 0 Å². The van der Waals surface area contributed by atoms with Gasteiger partial charge in [-0.2, -0.15) is 0 Å². The molecular formula is C17H26O7Si2. The van der Waals surface area contributed by atoms with Crippen LogP contribution in [0.25, 0.3) is 0 Å². The average molecular weight is 399 g/mol. The molecule has 0 amide bonds. The fraction of sp³-hybridized carbons (Fsp3) is 0.471. The van der Waals surface area contributed by atoms with Crippen molar-refractivity contribution in [2.45, 2.75) is 25.6 Å². The number of carbonyl (C=O) groups is 1. The van der Waals surface area contributed by atoms with Crippen molar-refractivity contribution in [3.63, 3.8) is 0 Å². The minimum absolute atomic E-state index is 0.329. The minimum Gasteiger partial charge on any atom is -0.520 e. The molecule has 1 atom stereocenters. The molecule has 0 fully saturated rings. The monoisotopic (exact) mass is 398 g/mol. The third-order valence-corrected chi connectivity index (χ3v) is 9.56. The molecule has 0 saturated heterocycles. The van der Waals surface area contributed by atoms with Gasteiger partial charge in [0, 0.05) is 44.2 Å². The van der Waals surface area contributed by atoms with E-state index in [9.17, 15) is 4.79 Å². The summed E-state index contributed by atoms with van der Waals surface area (Å²) < 4.78 is 33.8. The largest absolute Gasteiger partial charge is 0.536 e. The Balaban J connectivity index is 2.04. The molecule has 0 spiro atoms. The van der Waals surface area contributed by atoms with Crippen LogP contribution in [-0.4, -0.2) is 51.3 Å². The van der Waals surface area contributed by atoms with E-state index >= 15 is 0 Å². The van der Waals surface area contributed by atoms with Crippen LogP contribution in [0.1, 0.15) is 12.0 Å². The number of benzene rings is 1. The second-order valence-corrected chi connectivity index (χ2v) is 12.2. The number of hydrogen-bond acceptors (Lipinski definition) is 7. The molecule has 1 heterocycles. The third kappa shape index (κ3) is 4.61. The highest BCUT2D eigenvalue weighted by atomic mass is 28.4. The van der Waals surface area contributed by atoms with Gasteiger partial charge in [-0.25, -0.2) is 4.79 Å². The van der Waals surface area contributed by atoms with Crippen LogP contribution >= 0.6 is 0 Å². The van der Waals surface area contributed by atoms with Crippen molar-refractivity contribution in [3.05, 3.63) is 36.4 Å². The van der Waals surface area contributed by atoms with Gasteiger partial charge in [0.15, 0.2) is 0 Å². The Morgan fingerprint density at radius 2 is 2.00 bits per heavy atom. The van der Waals surface area contributed by atoms with Gasteiger partial charge in [0.2, 0.25) is 0 Å². The number of hydrogen-bond donors (Lipinski definition) is 0. The lowest BCUT2D eigenvalue weighted by molar-refractivity contribution is -0.137. The Bertz CT molecular complexity index is 640. The number of ether oxygens (including phenoxy) is 1. The maximum atomic E-state index is 11.1. The molecule has 1 aromatic carbocycles. The summed E-state index contributed by atoms with van der Waals surface area (Å²) in [5.74, 6) is 0.394. The van der Waals surface area contributed by atoms with Crippen LogP contribution in [0, 0.1) is 0 Å². The molecule has 1 aromatic rings. The van der Waals surface area contributed by atoms with Crippen LogP contribution < -0.4 is 9.61 Å². The standard InChI is InChI=1S/C17H26O7Si2/c1-6-17(18)22-10-7-11-25(5)23-13-14-12-15(8-9-16(14)24-25)26(19-2,20-3)21-4/h6,8-9,12H,1,7,10-11,13H2,2-5H3. The SMILES string of the molecule is C=CC(=O)OCCC[Si]1(C)OCc2cc([Si](OC)(OC)OC)ccc2O1. The van der Waals surface area contributed by atoms with Gasteiger partial charge in [0.25, 0.3) is 0 Å². The molecule has 0 bridgehead atoms. The molecule has 7 nitrogen and oxygen atoms in total. The van der Waals surface area contributed by atoms with E-state index in [4.69, 9.17) is 26.9 Å². The number of rotatable bonds is 9. The van der Waals surface area contributed by atoms with Crippen molar-refractivity contribution >= 4 is 28.5 Å². The Kier molecular flexibility index (Phi) is 7.15. The van der Waals surface area contributed by atoms with E-state index in [1.54, 1.807) is 21.3 Å². The second kappa shape index (κ2) is 8.93. The summed E-state index contributed by atoms with van der Waals surface area (Å²) in [6.07, 6.45) is 1.84. The zero-order valence-electron chi connectivity index (χ0n) is 15.7. The highest BCUT2D eigenvalue weighted by Crippen LogP contribution is 2.31. The van der Waals surface area contributed by atoms with Crippen molar-refractivity contribution in [3.8, 4) is 5.75 Å². The molecule has 0 aromatic heterocycles. The predicted octanol–water partition coefficient (Wildman–Crippen LogP) is 1.87. The van der Waals surface area contributed by atoms with Gasteiger partial charge in [-0.05, 0) is 25.1 Å². The lowest BCUT2D eigenvalue weighted by Crippen LogP contribution is -2.55. The zero-order valence-corrected chi connectivity index (χ0v) is 17.7.